The van der Waals surface area contributed by atoms with Gasteiger partial charge in [-0.3, -0.25) is 0 Å². The highest BCUT2D eigenvalue weighted by atomic mass is 19.1. The summed E-state index contributed by atoms with van der Waals surface area (Å²) in [5, 5.41) is 12.1. The summed E-state index contributed by atoms with van der Waals surface area (Å²) in [6.45, 7) is 0.808. The van der Waals surface area contributed by atoms with Gasteiger partial charge in [0.2, 0.25) is 0 Å². The Kier molecular flexibility index (Phi) is 4.93. The SMILES string of the molecule is OCCCc1cccc(NCc2cccc(F)c2)c1. The van der Waals surface area contributed by atoms with Gasteiger partial charge < -0.3 is 10.4 Å². The molecule has 2 aromatic rings. The zero-order valence-corrected chi connectivity index (χ0v) is 10.8. The van der Waals surface area contributed by atoms with Crippen LogP contribution in [0, 0.1) is 5.82 Å². The first-order chi connectivity index (χ1) is 9.28. The number of aliphatic hydroxyl groups is 1. The third-order valence-electron chi connectivity index (χ3n) is 2.94. The van der Waals surface area contributed by atoms with Gasteiger partial charge in [0, 0.05) is 18.8 Å². The molecule has 0 aliphatic heterocycles. The van der Waals surface area contributed by atoms with Gasteiger partial charge in [-0.25, -0.2) is 4.39 Å². The number of hydrogen-bond acceptors (Lipinski definition) is 2. The van der Waals surface area contributed by atoms with Crippen molar-refractivity contribution < 1.29 is 9.50 Å². The van der Waals surface area contributed by atoms with E-state index < -0.39 is 0 Å². The Labute approximate surface area is 112 Å². The fourth-order valence-electron chi connectivity index (χ4n) is 1.97. The largest absolute Gasteiger partial charge is 0.396 e. The molecule has 0 saturated carbocycles. The van der Waals surface area contributed by atoms with Crippen molar-refractivity contribution in [2.75, 3.05) is 11.9 Å². The van der Waals surface area contributed by atoms with Crippen LogP contribution in [0.4, 0.5) is 10.1 Å². The first kappa shape index (κ1) is 13.6. The zero-order valence-electron chi connectivity index (χ0n) is 10.8. The third-order valence-corrected chi connectivity index (χ3v) is 2.94. The van der Waals surface area contributed by atoms with Crippen LogP contribution in [0.3, 0.4) is 0 Å². The summed E-state index contributed by atoms with van der Waals surface area (Å²) >= 11 is 0. The molecule has 0 aromatic heterocycles. The Balaban J connectivity index is 1.95. The van der Waals surface area contributed by atoms with Gasteiger partial charge in [0.15, 0.2) is 0 Å². The highest BCUT2D eigenvalue weighted by Crippen LogP contribution is 2.14. The number of aryl methyl sites for hydroxylation is 1. The molecule has 2 rings (SSSR count). The average molecular weight is 259 g/mol. The van der Waals surface area contributed by atoms with Crippen molar-refractivity contribution in [3.8, 4) is 0 Å². The van der Waals surface area contributed by atoms with Crippen LogP contribution in [0.1, 0.15) is 17.5 Å². The Morgan fingerprint density at radius 2 is 1.79 bits per heavy atom. The molecule has 0 unspecified atom stereocenters. The third kappa shape index (κ3) is 4.38. The van der Waals surface area contributed by atoms with Crippen LogP contribution in [0.15, 0.2) is 48.5 Å². The molecule has 0 saturated heterocycles. The van der Waals surface area contributed by atoms with Crippen molar-refractivity contribution in [2.45, 2.75) is 19.4 Å². The van der Waals surface area contributed by atoms with Crippen molar-refractivity contribution >= 4 is 5.69 Å². The predicted octanol–water partition coefficient (Wildman–Crippen LogP) is 3.36. The van der Waals surface area contributed by atoms with Crippen molar-refractivity contribution in [2.24, 2.45) is 0 Å². The molecule has 0 radical (unpaired) electrons. The summed E-state index contributed by atoms with van der Waals surface area (Å²) in [7, 11) is 0. The van der Waals surface area contributed by atoms with E-state index in [1.807, 2.05) is 24.3 Å². The van der Waals surface area contributed by atoms with Gasteiger partial charge in [-0.15, -0.1) is 0 Å². The number of anilines is 1. The fraction of sp³-hybridized carbons (Fsp3) is 0.250. The average Bonchev–Trinajstić information content (AvgIpc) is 2.43. The summed E-state index contributed by atoms with van der Waals surface area (Å²) in [4.78, 5) is 0. The summed E-state index contributed by atoms with van der Waals surface area (Å²) in [5.41, 5.74) is 3.12. The Bertz CT molecular complexity index is 528. The first-order valence-electron chi connectivity index (χ1n) is 6.46. The first-order valence-corrected chi connectivity index (χ1v) is 6.46. The van der Waals surface area contributed by atoms with Crippen LogP contribution in [-0.2, 0) is 13.0 Å². The predicted molar refractivity (Wildman–Crippen MR) is 75.6 cm³/mol. The molecular formula is C16H18FNO. The van der Waals surface area contributed by atoms with Gasteiger partial charge in [0.05, 0.1) is 0 Å². The molecule has 0 aliphatic carbocycles. The maximum absolute atomic E-state index is 13.0. The van der Waals surface area contributed by atoms with Crippen molar-refractivity contribution in [1.82, 2.24) is 0 Å². The molecule has 19 heavy (non-hydrogen) atoms. The molecule has 100 valence electrons. The Hall–Kier alpha value is -1.87. The topological polar surface area (TPSA) is 32.3 Å². The quantitative estimate of drug-likeness (QED) is 0.833. The van der Waals surface area contributed by atoms with Crippen LogP contribution in [-0.4, -0.2) is 11.7 Å². The lowest BCUT2D eigenvalue weighted by Gasteiger charge is -2.08. The van der Waals surface area contributed by atoms with E-state index in [9.17, 15) is 4.39 Å². The number of aliphatic hydroxyl groups excluding tert-OH is 1. The fourth-order valence-corrected chi connectivity index (χ4v) is 1.97. The van der Waals surface area contributed by atoms with Gasteiger partial charge in [-0.05, 0) is 48.2 Å². The summed E-state index contributed by atoms with van der Waals surface area (Å²) < 4.78 is 13.0. The highest BCUT2D eigenvalue weighted by molar-refractivity contribution is 5.46. The molecular weight excluding hydrogens is 241 g/mol. The number of nitrogens with one attached hydrogen (secondary N) is 1. The Morgan fingerprint density at radius 1 is 1.00 bits per heavy atom. The van der Waals surface area contributed by atoms with Crippen LogP contribution < -0.4 is 5.32 Å². The van der Waals surface area contributed by atoms with E-state index >= 15 is 0 Å². The van der Waals surface area contributed by atoms with Gasteiger partial charge in [-0.1, -0.05) is 24.3 Å². The van der Waals surface area contributed by atoms with Crippen LogP contribution in [0.2, 0.25) is 0 Å². The maximum atomic E-state index is 13.0. The lowest BCUT2D eigenvalue weighted by molar-refractivity contribution is 0.288. The van der Waals surface area contributed by atoms with E-state index in [0.717, 1.165) is 24.1 Å². The molecule has 0 bridgehead atoms. The standard InChI is InChI=1S/C16H18FNO/c17-15-7-1-5-14(10-15)12-18-16-8-2-4-13(11-16)6-3-9-19/h1-2,4-5,7-8,10-11,18-19H,3,6,9,12H2. The molecule has 0 aliphatic rings. The maximum Gasteiger partial charge on any atom is 0.123 e. The van der Waals surface area contributed by atoms with Crippen molar-refractivity contribution in [1.29, 1.82) is 0 Å². The molecule has 2 N–H and O–H groups in total. The molecule has 2 nitrogen and oxygen atoms in total. The smallest absolute Gasteiger partial charge is 0.123 e. The second-order valence-electron chi connectivity index (χ2n) is 4.51. The molecule has 0 fully saturated rings. The summed E-state index contributed by atoms with van der Waals surface area (Å²) in [6, 6.07) is 14.7. The van der Waals surface area contributed by atoms with Crippen LogP contribution in [0.25, 0.3) is 0 Å². The van der Waals surface area contributed by atoms with E-state index in [-0.39, 0.29) is 12.4 Å². The van der Waals surface area contributed by atoms with Crippen molar-refractivity contribution in [3.63, 3.8) is 0 Å². The van der Waals surface area contributed by atoms with Crippen molar-refractivity contribution in [3.05, 3.63) is 65.5 Å². The van der Waals surface area contributed by atoms with E-state index in [2.05, 4.69) is 11.4 Å². The minimum Gasteiger partial charge on any atom is -0.396 e. The molecule has 2 aromatic carbocycles. The minimum absolute atomic E-state index is 0.209. The van der Waals surface area contributed by atoms with Gasteiger partial charge in [0.25, 0.3) is 0 Å². The van der Waals surface area contributed by atoms with E-state index in [1.165, 1.54) is 17.7 Å². The highest BCUT2D eigenvalue weighted by Gasteiger charge is 1.98. The number of hydrogen-bond donors (Lipinski definition) is 2. The number of benzene rings is 2. The minimum atomic E-state index is -0.212. The zero-order chi connectivity index (χ0) is 13.5. The number of halogens is 1. The summed E-state index contributed by atoms with van der Waals surface area (Å²) in [5.74, 6) is -0.212. The molecule has 0 heterocycles. The van der Waals surface area contributed by atoms with E-state index in [0.29, 0.717) is 6.54 Å². The number of rotatable bonds is 6. The van der Waals surface area contributed by atoms with Gasteiger partial charge in [0.1, 0.15) is 5.82 Å². The molecule has 0 amide bonds. The van der Waals surface area contributed by atoms with Crippen LogP contribution in [0.5, 0.6) is 0 Å². The monoisotopic (exact) mass is 259 g/mol. The summed E-state index contributed by atoms with van der Waals surface area (Å²) in [6.07, 6.45) is 1.64. The van der Waals surface area contributed by atoms with E-state index in [4.69, 9.17) is 5.11 Å². The lowest BCUT2D eigenvalue weighted by atomic mass is 10.1. The van der Waals surface area contributed by atoms with Crippen LogP contribution >= 0.6 is 0 Å². The Morgan fingerprint density at radius 3 is 2.58 bits per heavy atom. The normalized spacial score (nSPS) is 10.4. The lowest BCUT2D eigenvalue weighted by Crippen LogP contribution is -2.00. The van der Waals surface area contributed by atoms with Gasteiger partial charge in [-0.2, -0.15) is 0 Å². The molecule has 3 heteroatoms. The van der Waals surface area contributed by atoms with Gasteiger partial charge >= 0.3 is 0 Å². The molecule has 0 spiro atoms. The van der Waals surface area contributed by atoms with E-state index in [1.54, 1.807) is 6.07 Å². The second-order valence-corrected chi connectivity index (χ2v) is 4.51. The second kappa shape index (κ2) is 6.90. The molecule has 0 atom stereocenters.